The van der Waals surface area contributed by atoms with Crippen LogP contribution < -0.4 is 0 Å². The average molecular weight is 235 g/mol. The van der Waals surface area contributed by atoms with Crippen LogP contribution in [0.2, 0.25) is 0 Å². The first-order chi connectivity index (χ1) is 6.91. The summed E-state index contributed by atoms with van der Waals surface area (Å²) in [5.74, 6) is 0.573. The normalized spacial score (nSPS) is 14.1. The Hall–Kier alpha value is -0.980. The van der Waals surface area contributed by atoms with Crippen LogP contribution in [0.15, 0.2) is 5.16 Å². The molecule has 0 saturated carbocycles. The lowest BCUT2D eigenvalue weighted by Gasteiger charge is -2.09. The second kappa shape index (κ2) is 4.26. The van der Waals surface area contributed by atoms with Gasteiger partial charge in [-0.25, -0.2) is 0 Å². The SMILES string of the molecule is CCC(C)c1nnc(S(=O)(=O)F)n1CC. The number of rotatable bonds is 4. The summed E-state index contributed by atoms with van der Waals surface area (Å²) in [5.41, 5.74) is 0. The van der Waals surface area contributed by atoms with Crippen LogP contribution in [0.25, 0.3) is 0 Å². The molecule has 0 saturated heterocycles. The van der Waals surface area contributed by atoms with Crippen molar-refractivity contribution in [3.63, 3.8) is 0 Å². The van der Waals surface area contributed by atoms with Gasteiger partial charge in [0.1, 0.15) is 5.82 Å². The molecular weight excluding hydrogens is 221 g/mol. The summed E-state index contributed by atoms with van der Waals surface area (Å²) < 4.78 is 35.6. The maximum absolute atomic E-state index is 12.8. The molecule has 0 aliphatic rings. The highest BCUT2D eigenvalue weighted by Gasteiger charge is 2.24. The van der Waals surface area contributed by atoms with Crippen LogP contribution in [0.3, 0.4) is 0 Å². The molecule has 1 aromatic rings. The van der Waals surface area contributed by atoms with Crippen LogP contribution in [0.5, 0.6) is 0 Å². The van der Waals surface area contributed by atoms with Gasteiger partial charge in [0.2, 0.25) is 0 Å². The number of aromatic nitrogens is 3. The molecule has 86 valence electrons. The Labute approximate surface area is 88.5 Å². The second-order valence-electron chi connectivity index (χ2n) is 3.33. The maximum atomic E-state index is 12.8. The Bertz CT molecular complexity index is 441. The number of halogens is 1. The second-order valence-corrected chi connectivity index (χ2v) is 4.57. The van der Waals surface area contributed by atoms with Gasteiger partial charge in [-0.2, -0.15) is 8.42 Å². The van der Waals surface area contributed by atoms with E-state index in [1.807, 2.05) is 13.8 Å². The van der Waals surface area contributed by atoms with Gasteiger partial charge >= 0.3 is 10.2 Å². The van der Waals surface area contributed by atoms with Gasteiger partial charge in [0.15, 0.2) is 0 Å². The summed E-state index contributed by atoms with van der Waals surface area (Å²) in [6, 6.07) is 0. The van der Waals surface area contributed by atoms with Crippen LogP contribution in [0.4, 0.5) is 3.89 Å². The highest BCUT2D eigenvalue weighted by Crippen LogP contribution is 2.20. The Morgan fingerprint density at radius 3 is 2.40 bits per heavy atom. The van der Waals surface area contributed by atoms with E-state index in [2.05, 4.69) is 10.2 Å². The largest absolute Gasteiger partial charge is 0.368 e. The maximum Gasteiger partial charge on any atom is 0.368 e. The summed E-state index contributed by atoms with van der Waals surface area (Å²) in [4.78, 5) is 0. The van der Waals surface area contributed by atoms with Crippen molar-refractivity contribution in [1.82, 2.24) is 14.8 Å². The van der Waals surface area contributed by atoms with Gasteiger partial charge in [-0.15, -0.1) is 10.2 Å². The average Bonchev–Trinajstić information content (AvgIpc) is 2.59. The molecule has 0 amide bonds. The smallest absolute Gasteiger partial charge is 0.300 e. The lowest BCUT2D eigenvalue weighted by molar-refractivity contribution is 0.516. The molecule has 0 aromatic carbocycles. The third-order valence-electron chi connectivity index (χ3n) is 2.33. The molecule has 0 bridgehead atoms. The highest BCUT2D eigenvalue weighted by atomic mass is 32.3. The van der Waals surface area contributed by atoms with Crippen molar-refractivity contribution in [2.75, 3.05) is 0 Å². The van der Waals surface area contributed by atoms with E-state index in [-0.39, 0.29) is 5.92 Å². The van der Waals surface area contributed by atoms with Crippen molar-refractivity contribution in [2.24, 2.45) is 0 Å². The minimum atomic E-state index is -4.78. The number of hydrogen-bond acceptors (Lipinski definition) is 4. The van der Waals surface area contributed by atoms with Gasteiger partial charge in [-0.3, -0.25) is 4.57 Å². The Morgan fingerprint density at radius 2 is 2.00 bits per heavy atom. The standard InChI is InChI=1S/C8H14FN3O2S/c1-4-6(3)7-10-11-8(12(7)5-2)15(9,13)14/h6H,4-5H2,1-3H3. The van der Waals surface area contributed by atoms with Gasteiger partial charge in [-0.1, -0.05) is 17.7 Å². The molecule has 0 aliphatic heterocycles. The predicted molar refractivity (Wildman–Crippen MR) is 52.7 cm³/mol. The van der Waals surface area contributed by atoms with Gasteiger partial charge < -0.3 is 0 Å². The van der Waals surface area contributed by atoms with Crippen LogP contribution in [0.1, 0.15) is 38.9 Å². The molecule has 7 heteroatoms. The monoisotopic (exact) mass is 235 g/mol. The minimum absolute atomic E-state index is 0.0629. The van der Waals surface area contributed by atoms with E-state index in [0.717, 1.165) is 6.42 Å². The molecule has 0 N–H and O–H groups in total. The van der Waals surface area contributed by atoms with E-state index >= 15 is 0 Å². The van der Waals surface area contributed by atoms with Crippen molar-refractivity contribution >= 4 is 10.2 Å². The quantitative estimate of drug-likeness (QED) is 0.741. The summed E-state index contributed by atoms with van der Waals surface area (Å²) in [6.45, 7) is 5.91. The van der Waals surface area contributed by atoms with Crippen LogP contribution in [-0.2, 0) is 16.8 Å². The molecular formula is C8H14FN3O2S. The summed E-state index contributed by atoms with van der Waals surface area (Å²) in [6.07, 6.45) is 0.796. The zero-order valence-electron chi connectivity index (χ0n) is 8.94. The molecule has 0 fully saturated rings. The van der Waals surface area contributed by atoms with Gasteiger partial charge in [0, 0.05) is 12.5 Å². The highest BCUT2D eigenvalue weighted by molar-refractivity contribution is 7.86. The summed E-state index contributed by atoms with van der Waals surface area (Å²) >= 11 is 0. The van der Waals surface area contributed by atoms with Gasteiger partial charge in [-0.05, 0) is 13.3 Å². The zero-order valence-corrected chi connectivity index (χ0v) is 9.75. The van der Waals surface area contributed by atoms with E-state index < -0.39 is 15.4 Å². The van der Waals surface area contributed by atoms with Crippen molar-refractivity contribution in [3.05, 3.63) is 5.82 Å². The van der Waals surface area contributed by atoms with Crippen LogP contribution in [-0.4, -0.2) is 23.2 Å². The molecule has 0 spiro atoms. The summed E-state index contributed by atoms with van der Waals surface area (Å²) in [7, 11) is -4.78. The fraction of sp³-hybridized carbons (Fsp3) is 0.750. The lowest BCUT2D eigenvalue weighted by atomic mass is 10.1. The Kier molecular flexibility index (Phi) is 3.43. The molecule has 0 aliphatic carbocycles. The Balaban J connectivity index is 3.30. The molecule has 1 heterocycles. The van der Waals surface area contributed by atoms with Crippen molar-refractivity contribution in [3.8, 4) is 0 Å². The first-order valence-electron chi connectivity index (χ1n) is 4.79. The number of nitrogens with zero attached hydrogens (tertiary/aromatic N) is 3. The van der Waals surface area contributed by atoms with Gasteiger partial charge in [0.25, 0.3) is 5.16 Å². The Morgan fingerprint density at radius 1 is 1.40 bits per heavy atom. The van der Waals surface area contributed by atoms with E-state index in [1.165, 1.54) is 4.57 Å². The van der Waals surface area contributed by atoms with Gasteiger partial charge in [0.05, 0.1) is 0 Å². The molecule has 1 aromatic heterocycles. The minimum Gasteiger partial charge on any atom is -0.300 e. The number of hydrogen-bond donors (Lipinski definition) is 0. The van der Waals surface area contributed by atoms with Crippen LogP contribution in [0, 0.1) is 0 Å². The fourth-order valence-corrected chi connectivity index (χ4v) is 1.95. The third-order valence-corrected chi connectivity index (χ3v) is 3.07. The first-order valence-corrected chi connectivity index (χ1v) is 6.17. The predicted octanol–water partition coefficient (Wildman–Crippen LogP) is 1.47. The van der Waals surface area contributed by atoms with E-state index in [9.17, 15) is 12.3 Å². The first kappa shape index (κ1) is 12.1. The van der Waals surface area contributed by atoms with Crippen LogP contribution >= 0.6 is 0 Å². The third kappa shape index (κ3) is 2.34. The van der Waals surface area contributed by atoms with E-state index in [0.29, 0.717) is 12.4 Å². The van der Waals surface area contributed by atoms with Crippen molar-refractivity contribution in [2.45, 2.75) is 44.8 Å². The van der Waals surface area contributed by atoms with Crippen molar-refractivity contribution in [1.29, 1.82) is 0 Å². The van der Waals surface area contributed by atoms with E-state index in [4.69, 9.17) is 0 Å². The molecule has 1 unspecified atom stereocenters. The van der Waals surface area contributed by atoms with Crippen molar-refractivity contribution < 1.29 is 12.3 Å². The molecule has 5 nitrogen and oxygen atoms in total. The zero-order chi connectivity index (χ0) is 11.6. The molecule has 1 atom stereocenters. The molecule has 1 rings (SSSR count). The van der Waals surface area contributed by atoms with E-state index in [1.54, 1.807) is 6.92 Å². The molecule has 15 heavy (non-hydrogen) atoms. The lowest BCUT2D eigenvalue weighted by Crippen LogP contribution is -2.10. The topological polar surface area (TPSA) is 64.8 Å². The summed E-state index contributed by atoms with van der Waals surface area (Å²) in [5, 5.41) is 6.50. The molecule has 0 radical (unpaired) electrons. The fourth-order valence-electron chi connectivity index (χ4n) is 1.32.